The van der Waals surface area contributed by atoms with Crippen molar-refractivity contribution in [3.05, 3.63) is 138 Å². The number of carbonyl (C=O) groups excluding carboxylic acids is 2. The first kappa shape index (κ1) is 30.6. The van der Waals surface area contributed by atoms with Crippen LogP contribution >= 0.6 is 0 Å². The molecule has 5 aromatic rings. The van der Waals surface area contributed by atoms with Gasteiger partial charge in [-0.2, -0.15) is 0 Å². The lowest BCUT2D eigenvalue weighted by molar-refractivity contribution is -0.141. The Hall–Kier alpha value is -4.84. The lowest BCUT2D eigenvalue weighted by atomic mass is 9.90. The number of carbonyl (C=O) groups is 2. The second kappa shape index (κ2) is 15.1. The average molecular weight is 588 g/mol. The topological polar surface area (TPSA) is 65.6 Å². The summed E-state index contributed by atoms with van der Waals surface area (Å²) in [6, 6.07) is 35.8. The maximum atomic E-state index is 14.4. The van der Waals surface area contributed by atoms with Crippen molar-refractivity contribution >= 4 is 22.7 Å². The van der Waals surface area contributed by atoms with Crippen LogP contribution < -0.4 is 4.74 Å². The van der Waals surface area contributed by atoms with Gasteiger partial charge in [-0.15, -0.1) is 0 Å². The zero-order chi connectivity index (χ0) is 30.7. The smallest absolute Gasteiger partial charge is 0.242 e. The third-order valence-electron chi connectivity index (χ3n) is 8.14. The van der Waals surface area contributed by atoms with Crippen LogP contribution in [0, 0.1) is 0 Å². The van der Waals surface area contributed by atoms with Crippen LogP contribution in [0.25, 0.3) is 10.9 Å². The van der Waals surface area contributed by atoms with Crippen LogP contribution in [0.15, 0.2) is 115 Å². The minimum absolute atomic E-state index is 0.0268. The predicted molar refractivity (Wildman–Crippen MR) is 177 cm³/mol. The maximum Gasteiger partial charge on any atom is 0.242 e. The van der Waals surface area contributed by atoms with E-state index in [2.05, 4.69) is 24.0 Å². The second-order valence-corrected chi connectivity index (χ2v) is 11.1. The SMILES string of the molecule is CCCCN(CC(=O)N(CCc1c[nH]c2ccccc12)Cc1ccc(OC)cc1)C(=O)C(c1ccccc1)c1ccccc1. The zero-order valence-corrected chi connectivity index (χ0v) is 25.6. The molecule has 4 aromatic carbocycles. The summed E-state index contributed by atoms with van der Waals surface area (Å²) in [5.41, 5.74) is 5.11. The summed E-state index contributed by atoms with van der Waals surface area (Å²) < 4.78 is 5.34. The van der Waals surface area contributed by atoms with Crippen LogP contribution in [0.2, 0.25) is 0 Å². The van der Waals surface area contributed by atoms with Gasteiger partial charge in [0.2, 0.25) is 11.8 Å². The number of aromatic amines is 1. The van der Waals surface area contributed by atoms with Gasteiger partial charge in [-0.3, -0.25) is 9.59 Å². The summed E-state index contributed by atoms with van der Waals surface area (Å²) in [6.45, 7) is 3.63. The van der Waals surface area contributed by atoms with Gasteiger partial charge in [0.1, 0.15) is 5.75 Å². The van der Waals surface area contributed by atoms with E-state index in [0.717, 1.165) is 46.2 Å². The lowest BCUT2D eigenvalue weighted by Crippen LogP contribution is -2.45. The van der Waals surface area contributed by atoms with Gasteiger partial charge in [-0.25, -0.2) is 0 Å². The molecule has 6 nitrogen and oxygen atoms in total. The Balaban J connectivity index is 1.41. The molecule has 1 aromatic heterocycles. The van der Waals surface area contributed by atoms with Crippen molar-refractivity contribution in [1.82, 2.24) is 14.8 Å². The van der Waals surface area contributed by atoms with E-state index < -0.39 is 5.92 Å². The Morgan fingerprint density at radius 3 is 2.05 bits per heavy atom. The number of benzene rings is 4. The number of nitrogens with one attached hydrogen (secondary N) is 1. The van der Waals surface area contributed by atoms with E-state index >= 15 is 0 Å². The van der Waals surface area contributed by atoms with Gasteiger partial charge in [0.25, 0.3) is 0 Å². The Bertz CT molecular complexity index is 1590. The third-order valence-corrected chi connectivity index (χ3v) is 8.14. The monoisotopic (exact) mass is 587 g/mol. The largest absolute Gasteiger partial charge is 0.497 e. The van der Waals surface area contributed by atoms with Gasteiger partial charge in [0.15, 0.2) is 0 Å². The maximum absolute atomic E-state index is 14.4. The molecule has 2 amide bonds. The van der Waals surface area contributed by atoms with Crippen molar-refractivity contribution in [3.8, 4) is 5.75 Å². The molecule has 5 rings (SSSR count). The van der Waals surface area contributed by atoms with Crippen LogP contribution in [0.5, 0.6) is 5.75 Å². The number of methoxy groups -OCH3 is 1. The lowest BCUT2D eigenvalue weighted by Gasteiger charge is -2.31. The van der Waals surface area contributed by atoms with E-state index in [4.69, 9.17) is 4.74 Å². The molecule has 0 saturated carbocycles. The molecule has 6 heteroatoms. The quantitative estimate of drug-likeness (QED) is 0.149. The Kier molecular flexibility index (Phi) is 10.5. The predicted octanol–water partition coefficient (Wildman–Crippen LogP) is 7.21. The molecule has 0 fully saturated rings. The van der Waals surface area contributed by atoms with Crippen LogP contribution in [-0.4, -0.2) is 53.3 Å². The Morgan fingerprint density at radius 2 is 1.41 bits per heavy atom. The molecule has 0 atom stereocenters. The number of amides is 2. The van der Waals surface area contributed by atoms with Gasteiger partial charge in [-0.1, -0.05) is 104 Å². The molecule has 1 heterocycles. The first-order valence-corrected chi connectivity index (χ1v) is 15.4. The number of fused-ring (bicyclic) bond motifs is 1. The molecular formula is C38H41N3O3. The average Bonchev–Trinajstić information content (AvgIpc) is 3.49. The fraction of sp³-hybridized carbons (Fsp3) is 0.263. The highest BCUT2D eigenvalue weighted by atomic mass is 16.5. The van der Waals surface area contributed by atoms with Crippen LogP contribution in [-0.2, 0) is 22.6 Å². The van der Waals surface area contributed by atoms with E-state index in [9.17, 15) is 9.59 Å². The highest BCUT2D eigenvalue weighted by Gasteiger charge is 2.29. The molecule has 0 radical (unpaired) electrons. The van der Waals surface area contributed by atoms with Crippen molar-refractivity contribution in [2.45, 2.75) is 38.6 Å². The molecule has 0 spiro atoms. The summed E-state index contributed by atoms with van der Waals surface area (Å²) >= 11 is 0. The molecule has 0 unspecified atom stereocenters. The number of nitrogens with zero attached hydrogens (tertiary/aromatic N) is 2. The molecule has 0 bridgehead atoms. The van der Waals surface area contributed by atoms with Crippen molar-refractivity contribution in [1.29, 1.82) is 0 Å². The summed E-state index contributed by atoms with van der Waals surface area (Å²) in [5.74, 6) is 0.174. The van der Waals surface area contributed by atoms with E-state index in [1.807, 2.05) is 108 Å². The van der Waals surface area contributed by atoms with E-state index in [1.165, 1.54) is 5.56 Å². The standard InChI is InChI=1S/C38H41N3O3/c1-3-4-24-41(38(43)37(30-13-7-5-8-14-30)31-15-9-6-10-16-31)28-36(42)40(27-29-19-21-33(44-2)22-20-29)25-23-32-26-39-35-18-12-11-17-34(32)35/h5-22,26,37,39H,3-4,23-25,27-28H2,1-2H3. The number of H-pyrrole nitrogens is 1. The second-order valence-electron chi connectivity index (χ2n) is 11.1. The highest BCUT2D eigenvalue weighted by molar-refractivity contribution is 5.91. The van der Waals surface area contributed by atoms with Crippen molar-refractivity contribution in [2.24, 2.45) is 0 Å². The first-order valence-electron chi connectivity index (χ1n) is 15.4. The first-order chi connectivity index (χ1) is 21.6. The van der Waals surface area contributed by atoms with E-state index in [1.54, 1.807) is 12.0 Å². The van der Waals surface area contributed by atoms with Gasteiger partial charge in [0.05, 0.1) is 19.6 Å². The number of hydrogen-bond acceptors (Lipinski definition) is 3. The van der Waals surface area contributed by atoms with Crippen molar-refractivity contribution in [3.63, 3.8) is 0 Å². The number of ether oxygens (including phenoxy) is 1. The van der Waals surface area contributed by atoms with E-state index in [-0.39, 0.29) is 18.4 Å². The number of aromatic nitrogens is 1. The van der Waals surface area contributed by atoms with Gasteiger partial charge < -0.3 is 19.5 Å². The van der Waals surface area contributed by atoms with E-state index in [0.29, 0.717) is 26.1 Å². The summed E-state index contributed by atoms with van der Waals surface area (Å²) in [4.78, 5) is 35.5. The fourth-order valence-electron chi connectivity index (χ4n) is 5.67. The summed E-state index contributed by atoms with van der Waals surface area (Å²) in [6.07, 6.45) is 4.48. The molecular weight excluding hydrogens is 546 g/mol. The Morgan fingerprint density at radius 1 is 0.773 bits per heavy atom. The molecule has 226 valence electrons. The summed E-state index contributed by atoms with van der Waals surface area (Å²) in [7, 11) is 1.64. The van der Waals surface area contributed by atoms with Crippen molar-refractivity contribution in [2.75, 3.05) is 26.7 Å². The third kappa shape index (κ3) is 7.56. The van der Waals surface area contributed by atoms with Gasteiger partial charge in [-0.05, 0) is 53.3 Å². The van der Waals surface area contributed by atoms with Gasteiger partial charge >= 0.3 is 0 Å². The zero-order valence-electron chi connectivity index (χ0n) is 25.6. The van der Waals surface area contributed by atoms with Crippen molar-refractivity contribution < 1.29 is 14.3 Å². The number of unbranched alkanes of at least 4 members (excludes halogenated alkanes) is 1. The molecule has 0 aliphatic heterocycles. The van der Waals surface area contributed by atoms with Crippen LogP contribution in [0.1, 0.15) is 47.9 Å². The minimum Gasteiger partial charge on any atom is -0.497 e. The molecule has 0 aliphatic rings. The molecule has 0 saturated heterocycles. The molecule has 44 heavy (non-hydrogen) atoms. The number of hydrogen-bond donors (Lipinski definition) is 1. The van der Waals surface area contributed by atoms with Crippen LogP contribution in [0.4, 0.5) is 0 Å². The summed E-state index contributed by atoms with van der Waals surface area (Å²) in [5, 5.41) is 1.16. The minimum atomic E-state index is -0.483. The van der Waals surface area contributed by atoms with Crippen LogP contribution in [0.3, 0.4) is 0 Å². The highest BCUT2D eigenvalue weighted by Crippen LogP contribution is 2.27. The molecule has 0 aliphatic carbocycles. The normalized spacial score (nSPS) is 11.1. The number of para-hydroxylation sites is 1. The Labute approximate surface area is 260 Å². The number of rotatable bonds is 14. The molecule has 1 N–H and O–H groups in total. The van der Waals surface area contributed by atoms with Gasteiger partial charge in [0, 0.05) is 36.7 Å². The fourth-order valence-corrected chi connectivity index (χ4v) is 5.67.